The fourth-order valence-electron chi connectivity index (χ4n) is 3.77. The molecule has 4 nitrogen and oxygen atoms in total. The van der Waals surface area contributed by atoms with Gasteiger partial charge in [0.1, 0.15) is 5.58 Å². The summed E-state index contributed by atoms with van der Waals surface area (Å²) in [5.41, 5.74) is 1.76. The lowest BCUT2D eigenvalue weighted by atomic mass is 10.1. The molecule has 1 atom stereocenters. The van der Waals surface area contributed by atoms with Gasteiger partial charge >= 0.3 is 0 Å². The highest BCUT2D eigenvalue weighted by Crippen LogP contribution is 2.33. The summed E-state index contributed by atoms with van der Waals surface area (Å²) in [6.45, 7) is 4.54. The van der Waals surface area contributed by atoms with Crippen LogP contribution in [0.5, 0.6) is 0 Å². The van der Waals surface area contributed by atoms with Gasteiger partial charge in [-0.15, -0.1) is 0 Å². The molecular weight excluding hydrogens is 300 g/mol. The molecule has 3 aromatic rings. The number of aryl methyl sites for hydroxylation is 1. The zero-order valence-corrected chi connectivity index (χ0v) is 14.1. The van der Waals surface area contributed by atoms with E-state index in [-0.39, 0.29) is 5.91 Å². The van der Waals surface area contributed by atoms with Crippen molar-refractivity contribution in [3.8, 4) is 0 Å². The Morgan fingerprint density at radius 2 is 2.08 bits per heavy atom. The van der Waals surface area contributed by atoms with E-state index in [2.05, 4.69) is 23.5 Å². The van der Waals surface area contributed by atoms with Crippen LogP contribution in [0.4, 0.5) is 0 Å². The van der Waals surface area contributed by atoms with Crippen LogP contribution in [0.3, 0.4) is 0 Å². The highest BCUT2D eigenvalue weighted by Gasteiger charge is 2.30. The van der Waals surface area contributed by atoms with Crippen LogP contribution in [0, 0.1) is 12.8 Å². The van der Waals surface area contributed by atoms with Gasteiger partial charge < -0.3 is 14.6 Å². The summed E-state index contributed by atoms with van der Waals surface area (Å²) in [7, 11) is 1.96. The Morgan fingerprint density at radius 1 is 1.25 bits per heavy atom. The number of hydrogen-bond acceptors (Lipinski definition) is 3. The van der Waals surface area contributed by atoms with Gasteiger partial charge in [-0.1, -0.05) is 36.4 Å². The van der Waals surface area contributed by atoms with Crippen LogP contribution in [0.15, 0.2) is 40.8 Å². The largest absolute Gasteiger partial charge is 0.450 e. The predicted octanol–water partition coefficient (Wildman–Crippen LogP) is 3.58. The van der Waals surface area contributed by atoms with E-state index in [1.54, 1.807) is 0 Å². The second-order valence-corrected chi connectivity index (χ2v) is 6.68. The number of carbonyl (C=O) groups is 1. The lowest BCUT2D eigenvalue weighted by molar-refractivity contribution is 0.0757. The first kappa shape index (κ1) is 15.2. The maximum Gasteiger partial charge on any atom is 0.289 e. The van der Waals surface area contributed by atoms with Crippen LogP contribution in [0.2, 0.25) is 0 Å². The summed E-state index contributed by atoms with van der Waals surface area (Å²) in [6, 6.07) is 12.3. The molecule has 2 aromatic carbocycles. The van der Waals surface area contributed by atoms with Crippen molar-refractivity contribution < 1.29 is 9.21 Å². The molecule has 1 unspecified atom stereocenters. The number of fused-ring (bicyclic) bond motifs is 3. The molecule has 24 heavy (non-hydrogen) atoms. The van der Waals surface area contributed by atoms with Crippen LogP contribution in [0.25, 0.3) is 21.7 Å². The third kappa shape index (κ3) is 2.38. The smallest absolute Gasteiger partial charge is 0.289 e. The normalized spacial score (nSPS) is 17.9. The monoisotopic (exact) mass is 322 g/mol. The Hall–Kier alpha value is -2.33. The molecule has 1 saturated heterocycles. The summed E-state index contributed by atoms with van der Waals surface area (Å²) in [6.07, 6.45) is 1.05. The third-order valence-electron chi connectivity index (χ3n) is 5.09. The van der Waals surface area contributed by atoms with Gasteiger partial charge in [-0.2, -0.15) is 0 Å². The summed E-state index contributed by atoms with van der Waals surface area (Å²) < 4.78 is 6.07. The second-order valence-electron chi connectivity index (χ2n) is 6.68. The molecule has 0 spiro atoms. The number of likely N-dealkylation sites (tertiary alicyclic amines) is 1. The number of furan rings is 1. The highest BCUT2D eigenvalue weighted by atomic mass is 16.3. The number of nitrogens with zero attached hydrogens (tertiary/aromatic N) is 1. The number of benzene rings is 2. The van der Waals surface area contributed by atoms with E-state index in [0.29, 0.717) is 11.7 Å². The summed E-state index contributed by atoms with van der Waals surface area (Å²) in [4.78, 5) is 14.9. The van der Waals surface area contributed by atoms with E-state index in [0.717, 1.165) is 53.4 Å². The van der Waals surface area contributed by atoms with Gasteiger partial charge in [0.25, 0.3) is 5.91 Å². The first-order valence-electron chi connectivity index (χ1n) is 8.53. The Labute approximate surface area is 141 Å². The third-order valence-corrected chi connectivity index (χ3v) is 5.09. The van der Waals surface area contributed by atoms with Gasteiger partial charge in [-0.3, -0.25) is 4.79 Å². The van der Waals surface area contributed by atoms with E-state index < -0.39 is 0 Å². The van der Waals surface area contributed by atoms with Crippen molar-refractivity contribution in [2.24, 2.45) is 5.92 Å². The average molecular weight is 322 g/mol. The number of rotatable bonds is 3. The molecule has 0 bridgehead atoms. The van der Waals surface area contributed by atoms with Gasteiger partial charge in [0.15, 0.2) is 5.76 Å². The Kier molecular flexibility index (Phi) is 3.77. The minimum Gasteiger partial charge on any atom is -0.450 e. The minimum atomic E-state index is 0.0198. The molecule has 4 heteroatoms. The van der Waals surface area contributed by atoms with Gasteiger partial charge in [-0.25, -0.2) is 0 Å². The minimum absolute atomic E-state index is 0.0198. The average Bonchev–Trinajstić information content (AvgIpc) is 3.20. The van der Waals surface area contributed by atoms with Gasteiger partial charge in [0.2, 0.25) is 0 Å². The molecule has 2 heterocycles. The van der Waals surface area contributed by atoms with E-state index in [9.17, 15) is 4.79 Å². The predicted molar refractivity (Wildman–Crippen MR) is 96.4 cm³/mol. The molecule has 1 aliphatic rings. The molecule has 0 aliphatic carbocycles. The van der Waals surface area contributed by atoms with E-state index in [1.807, 2.05) is 37.1 Å². The lowest BCUT2D eigenvalue weighted by Crippen LogP contribution is -2.30. The van der Waals surface area contributed by atoms with Crippen LogP contribution in [-0.4, -0.2) is 37.5 Å². The van der Waals surface area contributed by atoms with Crippen LogP contribution in [0.1, 0.15) is 22.5 Å². The fourth-order valence-corrected chi connectivity index (χ4v) is 3.77. The Bertz CT molecular complexity index is 913. The number of carbonyl (C=O) groups excluding carboxylic acids is 1. The second kappa shape index (κ2) is 5.95. The summed E-state index contributed by atoms with van der Waals surface area (Å²) in [5, 5.41) is 6.43. The summed E-state index contributed by atoms with van der Waals surface area (Å²) >= 11 is 0. The Balaban J connectivity index is 1.73. The molecule has 1 aromatic heterocycles. The van der Waals surface area contributed by atoms with Crippen molar-refractivity contribution in [1.29, 1.82) is 0 Å². The molecule has 124 valence electrons. The van der Waals surface area contributed by atoms with Crippen molar-refractivity contribution in [3.63, 3.8) is 0 Å². The topological polar surface area (TPSA) is 45.5 Å². The Morgan fingerprint density at radius 3 is 2.92 bits per heavy atom. The molecule has 0 radical (unpaired) electrons. The van der Waals surface area contributed by atoms with Crippen molar-refractivity contribution >= 4 is 27.6 Å². The van der Waals surface area contributed by atoms with Crippen LogP contribution in [-0.2, 0) is 0 Å². The van der Waals surface area contributed by atoms with E-state index >= 15 is 0 Å². The number of amides is 1. The standard InChI is InChI=1S/C20H22N2O2/c1-13-16-8-7-15-5-3-4-6-17(15)19(16)24-18(13)20(23)22-10-9-14(12-22)11-21-2/h3-8,14,21H,9-12H2,1-2H3. The fraction of sp³-hybridized carbons (Fsp3) is 0.350. The van der Waals surface area contributed by atoms with Gasteiger partial charge in [0, 0.05) is 29.4 Å². The number of hydrogen-bond donors (Lipinski definition) is 1. The maximum atomic E-state index is 12.9. The SMILES string of the molecule is CNCC1CCN(C(=O)c2oc3c(ccc4ccccc43)c2C)C1. The molecule has 1 fully saturated rings. The van der Waals surface area contributed by atoms with Gasteiger partial charge in [0.05, 0.1) is 0 Å². The van der Waals surface area contributed by atoms with Crippen LogP contribution >= 0.6 is 0 Å². The zero-order chi connectivity index (χ0) is 16.7. The van der Waals surface area contributed by atoms with Crippen molar-refractivity contribution in [1.82, 2.24) is 10.2 Å². The highest BCUT2D eigenvalue weighted by molar-refractivity contribution is 6.08. The molecule has 1 N–H and O–H groups in total. The van der Waals surface area contributed by atoms with Crippen molar-refractivity contribution in [3.05, 3.63) is 47.7 Å². The van der Waals surface area contributed by atoms with Gasteiger partial charge in [-0.05, 0) is 38.2 Å². The van der Waals surface area contributed by atoms with E-state index in [4.69, 9.17) is 4.42 Å². The molecule has 1 amide bonds. The van der Waals surface area contributed by atoms with Crippen LogP contribution < -0.4 is 5.32 Å². The molecule has 4 rings (SSSR count). The van der Waals surface area contributed by atoms with E-state index in [1.165, 1.54) is 0 Å². The molecule has 1 aliphatic heterocycles. The quantitative estimate of drug-likeness (QED) is 0.802. The summed E-state index contributed by atoms with van der Waals surface area (Å²) in [5.74, 6) is 1.04. The first-order valence-corrected chi connectivity index (χ1v) is 8.53. The number of nitrogens with one attached hydrogen (secondary N) is 1. The zero-order valence-electron chi connectivity index (χ0n) is 14.1. The first-order chi connectivity index (χ1) is 11.7. The molecular formula is C20H22N2O2. The molecule has 0 saturated carbocycles. The maximum absolute atomic E-state index is 12.9. The van der Waals surface area contributed by atoms with Crippen molar-refractivity contribution in [2.45, 2.75) is 13.3 Å². The van der Waals surface area contributed by atoms with Crippen molar-refractivity contribution in [2.75, 3.05) is 26.7 Å². The lowest BCUT2D eigenvalue weighted by Gasteiger charge is -2.15.